The van der Waals surface area contributed by atoms with E-state index in [0.717, 1.165) is 15.2 Å². The molecule has 5 heteroatoms. The van der Waals surface area contributed by atoms with Gasteiger partial charge in [-0.3, -0.25) is 4.79 Å². The highest BCUT2D eigenvalue weighted by molar-refractivity contribution is 7.18. The number of aromatic nitrogens is 1. The summed E-state index contributed by atoms with van der Waals surface area (Å²) >= 11 is 1.66. The molecule has 0 saturated carbocycles. The Balaban J connectivity index is 1.43. The highest BCUT2D eigenvalue weighted by atomic mass is 32.1. The van der Waals surface area contributed by atoms with Gasteiger partial charge in [-0.2, -0.15) is 0 Å². The molecule has 148 valence electrons. The van der Waals surface area contributed by atoms with Gasteiger partial charge in [-0.1, -0.05) is 54.6 Å². The van der Waals surface area contributed by atoms with E-state index in [2.05, 4.69) is 60.8 Å². The number of amides is 1. The fourth-order valence-electron chi connectivity index (χ4n) is 3.65. The van der Waals surface area contributed by atoms with Gasteiger partial charge in [-0.25, -0.2) is 4.98 Å². The molecule has 2 atom stereocenters. The number of thiazole rings is 1. The summed E-state index contributed by atoms with van der Waals surface area (Å²) in [6, 6.07) is 23.0. The lowest BCUT2D eigenvalue weighted by Crippen LogP contribution is -2.87. The van der Waals surface area contributed by atoms with Gasteiger partial charge in [0.05, 0.1) is 16.3 Å². The number of nitrogens with zero attached hydrogens (tertiary/aromatic N) is 2. The number of hydrogen-bond acceptors (Lipinski definition) is 3. The van der Waals surface area contributed by atoms with Crippen LogP contribution in [0.3, 0.4) is 0 Å². The van der Waals surface area contributed by atoms with E-state index in [9.17, 15) is 4.79 Å². The minimum atomic E-state index is -0.0406. The zero-order valence-electron chi connectivity index (χ0n) is 17.0. The van der Waals surface area contributed by atoms with Gasteiger partial charge in [0.1, 0.15) is 11.0 Å². The summed E-state index contributed by atoms with van der Waals surface area (Å²) in [7, 11) is 1.87. The molecule has 4 nitrogen and oxygen atoms in total. The Labute approximate surface area is 175 Å². The second-order valence-electron chi connectivity index (χ2n) is 7.50. The van der Waals surface area contributed by atoms with Gasteiger partial charge >= 0.3 is 0 Å². The van der Waals surface area contributed by atoms with Crippen molar-refractivity contribution in [2.45, 2.75) is 25.9 Å². The Morgan fingerprint density at radius 1 is 1.03 bits per heavy atom. The van der Waals surface area contributed by atoms with Crippen molar-refractivity contribution in [1.29, 1.82) is 0 Å². The van der Waals surface area contributed by atoms with E-state index in [4.69, 9.17) is 4.98 Å². The SMILES string of the molecule is C[C@H](c1nc2ccccc2s1)N(C)C(=O)C[NH2+][C@H](C)c1cccc2ccccc12. The van der Waals surface area contributed by atoms with Gasteiger partial charge in [0.2, 0.25) is 0 Å². The van der Waals surface area contributed by atoms with E-state index in [1.165, 1.54) is 16.3 Å². The Morgan fingerprint density at radius 2 is 1.76 bits per heavy atom. The third-order valence-corrected chi connectivity index (χ3v) is 6.81. The molecule has 0 bridgehead atoms. The third-order valence-electron chi connectivity index (χ3n) is 5.60. The molecule has 2 N–H and O–H groups in total. The maximum atomic E-state index is 12.8. The van der Waals surface area contributed by atoms with E-state index in [-0.39, 0.29) is 18.0 Å². The molecule has 4 rings (SSSR count). The van der Waals surface area contributed by atoms with Gasteiger partial charge < -0.3 is 10.2 Å². The molecule has 3 aromatic carbocycles. The van der Waals surface area contributed by atoms with E-state index in [0.29, 0.717) is 6.54 Å². The van der Waals surface area contributed by atoms with Crippen molar-refractivity contribution in [1.82, 2.24) is 9.88 Å². The van der Waals surface area contributed by atoms with Gasteiger partial charge in [-0.05, 0) is 36.8 Å². The van der Waals surface area contributed by atoms with E-state index < -0.39 is 0 Å². The van der Waals surface area contributed by atoms with Crippen molar-refractivity contribution in [3.05, 3.63) is 77.3 Å². The monoisotopic (exact) mass is 404 g/mol. The number of hydrogen-bond donors (Lipinski definition) is 1. The maximum absolute atomic E-state index is 12.8. The molecule has 0 fully saturated rings. The average Bonchev–Trinajstić information content (AvgIpc) is 3.20. The lowest BCUT2D eigenvalue weighted by atomic mass is 10.00. The van der Waals surface area contributed by atoms with Crippen LogP contribution in [0, 0.1) is 0 Å². The molecule has 0 aliphatic carbocycles. The number of carbonyl (C=O) groups excluding carboxylic acids is 1. The topological polar surface area (TPSA) is 49.8 Å². The van der Waals surface area contributed by atoms with Crippen LogP contribution in [0.5, 0.6) is 0 Å². The molecule has 1 aromatic heterocycles. The number of likely N-dealkylation sites (N-methyl/N-ethyl adjacent to an activating group) is 1. The van der Waals surface area contributed by atoms with Crippen LogP contribution in [0.2, 0.25) is 0 Å². The molecule has 0 spiro atoms. The van der Waals surface area contributed by atoms with E-state index >= 15 is 0 Å². The predicted molar refractivity (Wildman–Crippen MR) is 120 cm³/mol. The van der Waals surface area contributed by atoms with E-state index in [1.807, 2.05) is 37.1 Å². The highest BCUT2D eigenvalue weighted by Crippen LogP contribution is 2.28. The molecule has 4 aromatic rings. The standard InChI is InChI=1S/C24H25N3OS/c1-16(19-12-8-10-18-9-4-5-11-20(18)19)25-15-23(28)27(3)17(2)24-26-21-13-6-7-14-22(21)29-24/h4-14,16-17,25H,15H2,1-3H3/p+1/t16-,17-/m1/s1. The van der Waals surface area contributed by atoms with Crippen LogP contribution in [0.15, 0.2) is 66.7 Å². The second kappa shape index (κ2) is 8.31. The largest absolute Gasteiger partial charge is 0.332 e. The first-order chi connectivity index (χ1) is 14.0. The summed E-state index contributed by atoms with van der Waals surface area (Å²) in [6.07, 6.45) is 0. The Kier molecular flexibility index (Phi) is 5.60. The fourth-order valence-corrected chi connectivity index (χ4v) is 4.71. The van der Waals surface area contributed by atoms with Crippen LogP contribution in [-0.2, 0) is 4.79 Å². The number of carbonyl (C=O) groups is 1. The summed E-state index contributed by atoms with van der Waals surface area (Å²) in [5, 5.41) is 5.58. The molecule has 0 aliphatic heterocycles. The first-order valence-electron chi connectivity index (χ1n) is 9.96. The van der Waals surface area contributed by atoms with Crippen LogP contribution < -0.4 is 5.32 Å². The van der Waals surface area contributed by atoms with Gasteiger partial charge in [0.15, 0.2) is 6.54 Å². The average molecular weight is 405 g/mol. The lowest BCUT2D eigenvalue weighted by Gasteiger charge is -2.23. The molecule has 1 amide bonds. The minimum Gasteiger partial charge on any atom is -0.332 e. The van der Waals surface area contributed by atoms with Crippen LogP contribution in [0.1, 0.15) is 36.5 Å². The summed E-state index contributed by atoms with van der Waals surface area (Å²) in [5.41, 5.74) is 2.26. The molecule has 0 saturated heterocycles. The number of benzene rings is 3. The molecule has 0 unspecified atom stereocenters. The number of nitrogens with two attached hydrogens (primary N) is 1. The van der Waals surface area contributed by atoms with Crippen molar-refractivity contribution < 1.29 is 10.1 Å². The Bertz CT molecular complexity index is 1110. The minimum absolute atomic E-state index is 0.0406. The van der Waals surface area contributed by atoms with Crippen molar-refractivity contribution in [3.8, 4) is 0 Å². The molecule has 29 heavy (non-hydrogen) atoms. The van der Waals surface area contributed by atoms with E-state index in [1.54, 1.807) is 11.3 Å². The smallest absolute Gasteiger partial charge is 0.278 e. The van der Waals surface area contributed by atoms with Crippen LogP contribution in [0.4, 0.5) is 0 Å². The van der Waals surface area contributed by atoms with Crippen molar-refractivity contribution in [2.75, 3.05) is 13.6 Å². The quantitative estimate of drug-likeness (QED) is 0.521. The third kappa shape index (κ3) is 4.02. The second-order valence-corrected chi connectivity index (χ2v) is 8.56. The molecular formula is C24H26N3OS+. The maximum Gasteiger partial charge on any atom is 0.278 e. The number of para-hydroxylation sites is 1. The number of fused-ring (bicyclic) bond motifs is 2. The zero-order valence-corrected chi connectivity index (χ0v) is 17.8. The molecule has 1 heterocycles. The van der Waals surface area contributed by atoms with Crippen LogP contribution in [0.25, 0.3) is 21.0 Å². The summed E-state index contributed by atoms with van der Waals surface area (Å²) < 4.78 is 1.16. The first kappa shape index (κ1) is 19.6. The Morgan fingerprint density at radius 3 is 2.59 bits per heavy atom. The molecule has 0 aliphatic rings. The van der Waals surface area contributed by atoms with Crippen LogP contribution in [-0.4, -0.2) is 29.4 Å². The fraction of sp³-hybridized carbons (Fsp3) is 0.250. The Hall–Kier alpha value is -2.76. The summed E-state index contributed by atoms with van der Waals surface area (Å²) in [4.78, 5) is 19.4. The summed E-state index contributed by atoms with van der Waals surface area (Å²) in [6.45, 7) is 4.62. The molecular weight excluding hydrogens is 378 g/mol. The predicted octanol–water partition coefficient (Wildman–Crippen LogP) is 4.29. The van der Waals surface area contributed by atoms with Crippen molar-refractivity contribution in [2.24, 2.45) is 0 Å². The summed E-state index contributed by atoms with van der Waals surface area (Å²) in [5.74, 6) is 0.115. The zero-order chi connectivity index (χ0) is 20.4. The van der Waals surface area contributed by atoms with Gasteiger partial charge in [-0.15, -0.1) is 11.3 Å². The molecule has 0 radical (unpaired) electrons. The lowest BCUT2D eigenvalue weighted by molar-refractivity contribution is -0.682. The van der Waals surface area contributed by atoms with Gasteiger partial charge in [0, 0.05) is 12.6 Å². The first-order valence-corrected chi connectivity index (χ1v) is 10.8. The normalized spacial score (nSPS) is 13.5. The number of quaternary nitrogens is 1. The van der Waals surface area contributed by atoms with Gasteiger partial charge in [0.25, 0.3) is 5.91 Å². The highest BCUT2D eigenvalue weighted by Gasteiger charge is 2.23. The van der Waals surface area contributed by atoms with Crippen molar-refractivity contribution in [3.63, 3.8) is 0 Å². The van der Waals surface area contributed by atoms with Crippen molar-refractivity contribution >= 4 is 38.2 Å². The van der Waals surface area contributed by atoms with Crippen LogP contribution >= 0.6 is 11.3 Å². The number of rotatable bonds is 6.